The van der Waals surface area contributed by atoms with Crippen LogP contribution in [0.15, 0.2) is 0 Å². The molecule has 0 aromatic heterocycles. The van der Waals surface area contributed by atoms with E-state index in [9.17, 15) is 0 Å². The second-order valence-electron chi connectivity index (χ2n) is 1.70. The van der Waals surface area contributed by atoms with E-state index in [-0.39, 0.29) is 0 Å². The normalized spacial score (nSPS) is 10.7. The van der Waals surface area contributed by atoms with Crippen molar-refractivity contribution >= 4 is 19.2 Å². The van der Waals surface area contributed by atoms with Crippen LogP contribution in [0.25, 0.3) is 0 Å². The van der Waals surface area contributed by atoms with Crippen molar-refractivity contribution in [3.8, 4) is 0 Å². The van der Waals surface area contributed by atoms with Gasteiger partial charge in [0.1, 0.15) is 0 Å². The van der Waals surface area contributed by atoms with Crippen molar-refractivity contribution in [2.45, 2.75) is 0 Å². The third-order valence-corrected chi connectivity index (χ3v) is 1.70. The van der Waals surface area contributed by atoms with Crippen LogP contribution in [0.4, 0.5) is 0 Å². The van der Waals surface area contributed by atoms with Gasteiger partial charge in [-0.3, -0.25) is 0 Å². The van der Waals surface area contributed by atoms with Gasteiger partial charge in [0.05, 0.1) is 0 Å². The molecular weight excluding hydrogens is 125 g/mol. The SMILES string of the molecule is CN(C)CC[PH]=S. The van der Waals surface area contributed by atoms with Gasteiger partial charge in [-0.25, -0.2) is 0 Å². The second kappa shape index (κ2) is 4.63. The van der Waals surface area contributed by atoms with E-state index < -0.39 is 0 Å². The molecule has 0 aliphatic rings. The van der Waals surface area contributed by atoms with Gasteiger partial charge in [0, 0.05) is 12.7 Å². The summed E-state index contributed by atoms with van der Waals surface area (Å²) in [7, 11) is 4.82. The Morgan fingerprint density at radius 2 is 2.14 bits per heavy atom. The van der Waals surface area contributed by atoms with Crippen LogP contribution in [0.5, 0.6) is 0 Å². The van der Waals surface area contributed by atoms with E-state index >= 15 is 0 Å². The molecule has 0 amide bonds. The Morgan fingerprint density at radius 3 is 2.29 bits per heavy atom. The van der Waals surface area contributed by atoms with E-state index in [2.05, 4.69) is 19.0 Å². The second-order valence-corrected chi connectivity index (χ2v) is 3.35. The lowest BCUT2D eigenvalue weighted by atomic mass is 10.7. The Balaban J connectivity index is 2.81. The minimum Gasteiger partial charge on any atom is -0.309 e. The summed E-state index contributed by atoms with van der Waals surface area (Å²) in [5, 5.41) is 0. The molecule has 0 saturated heterocycles. The van der Waals surface area contributed by atoms with Gasteiger partial charge in [-0.1, -0.05) is 19.2 Å². The summed E-state index contributed by atoms with van der Waals surface area (Å²) >= 11 is 4.77. The Hall–Kier alpha value is 0.480. The van der Waals surface area contributed by atoms with Gasteiger partial charge >= 0.3 is 0 Å². The van der Waals surface area contributed by atoms with Crippen LogP contribution in [-0.2, 0) is 11.8 Å². The largest absolute Gasteiger partial charge is 0.309 e. The molecule has 0 rings (SSSR count). The standard InChI is InChI=1S/C4H11NPS/c1-5(2)3-4-6-7/h6H,3-4H2,1-2H3. The number of rotatable bonds is 3. The predicted molar refractivity (Wildman–Crippen MR) is 39.1 cm³/mol. The van der Waals surface area contributed by atoms with Gasteiger partial charge in [0.25, 0.3) is 0 Å². The van der Waals surface area contributed by atoms with E-state index in [0.29, 0.717) is 7.36 Å². The first-order valence-electron chi connectivity index (χ1n) is 2.27. The predicted octanol–water partition coefficient (Wildman–Crippen LogP) is 0.688. The van der Waals surface area contributed by atoms with Crippen LogP contribution in [0.1, 0.15) is 0 Å². The monoisotopic (exact) mass is 136 g/mol. The molecule has 3 heteroatoms. The van der Waals surface area contributed by atoms with E-state index in [1.807, 2.05) is 0 Å². The number of nitrogens with zero attached hydrogens (tertiary/aromatic N) is 1. The van der Waals surface area contributed by atoms with Crippen molar-refractivity contribution in [2.75, 3.05) is 26.8 Å². The number of hydrogen-bond donors (Lipinski definition) is 0. The van der Waals surface area contributed by atoms with E-state index in [0.717, 1.165) is 6.54 Å². The third-order valence-electron chi connectivity index (χ3n) is 0.661. The molecule has 0 saturated carbocycles. The van der Waals surface area contributed by atoms with E-state index in [4.69, 9.17) is 11.8 Å². The molecule has 1 atom stereocenters. The first-order chi connectivity index (χ1) is 3.27. The summed E-state index contributed by atoms with van der Waals surface area (Å²) in [6, 6.07) is 0. The first-order valence-corrected chi connectivity index (χ1v) is 4.61. The highest BCUT2D eigenvalue weighted by atomic mass is 32.4. The average molecular weight is 136 g/mol. The summed E-state index contributed by atoms with van der Waals surface area (Å²) in [4.78, 5) is 2.15. The number of hydrogen-bond acceptors (Lipinski definition) is 2. The average Bonchev–Trinajstić information content (AvgIpc) is 1.61. The summed E-state index contributed by atoms with van der Waals surface area (Å²) < 4.78 is 0. The minimum atomic E-state index is 0.692. The highest BCUT2D eigenvalue weighted by molar-refractivity contribution is 7.96. The molecule has 0 aliphatic heterocycles. The molecule has 0 N–H and O–H groups in total. The molecule has 0 heterocycles. The van der Waals surface area contributed by atoms with Crippen LogP contribution in [0.3, 0.4) is 0 Å². The molecule has 43 valence electrons. The van der Waals surface area contributed by atoms with Crippen molar-refractivity contribution < 1.29 is 0 Å². The Labute approximate surface area is 51.5 Å². The van der Waals surface area contributed by atoms with Gasteiger partial charge in [-0.2, -0.15) is 0 Å². The van der Waals surface area contributed by atoms with Gasteiger partial charge in [-0.05, 0) is 14.1 Å². The van der Waals surface area contributed by atoms with Gasteiger partial charge in [0.2, 0.25) is 0 Å². The van der Waals surface area contributed by atoms with Gasteiger partial charge in [-0.15, -0.1) is 0 Å². The van der Waals surface area contributed by atoms with E-state index in [1.54, 1.807) is 0 Å². The van der Waals surface area contributed by atoms with Crippen molar-refractivity contribution in [2.24, 2.45) is 0 Å². The molecule has 0 aromatic carbocycles. The van der Waals surface area contributed by atoms with Crippen molar-refractivity contribution in [3.63, 3.8) is 0 Å². The quantitative estimate of drug-likeness (QED) is 0.525. The van der Waals surface area contributed by atoms with Crippen LogP contribution in [-0.4, -0.2) is 31.7 Å². The topological polar surface area (TPSA) is 3.24 Å². The highest BCUT2D eigenvalue weighted by Crippen LogP contribution is 1.89. The molecule has 0 aliphatic carbocycles. The fraction of sp³-hybridized carbons (Fsp3) is 1.00. The van der Waals surface area contributed by atoms with Crippen molar-refractivity contribution in [1.29, 1.82) is 0 Å². The maximum atomic E-state index is 4.77. The van der Waals surface area contributed by atoms with Gasteiger partial charge < -0.3 is 4.90 Å². The zero-order valence-corrected chi connectivity index (χ0v) is 6.59. The molecule has 1 unspecified atom stereocenters. The fourth-order valence-electron chi connectivity index (χ4n) is 0.269. The molecule has 7 heavy (non-hydrogen) atoms. The van der Waals surface area contributed by atoms with Crippen LogP contribution >= 0.6 is 7.36 Å². The Bertz CT molecular complexity index is 55.7. The molecular formula is C4H11NPS. The minimum absolute atomic E-state index is 0.692. The summed E-state index contributed by atoms with van der Waals surface area (Å²) in [5.41, 5.74) is 0. The lowest BCUT2D eigenvalue weighted by Gasteiger charge is -2.04. The Kier molecular flexibility index (Phi) is 4.95. The fourth-order valence-corrected chi connectivity index (χ4v) is 1.08. The van der Waals surface area contributed by atoms with Crippen LogP contribution < -0.4 is 0 Å². The van der Waals surface area contributed by atoms with Crippen molar-refractivity contribution in [1.82, 2.24) is 4.90 Å². The molecule has 0 aromatic rings. The maximum absolute atomic E-state index is 4.77. The van der Waals surface area contributed by atoms with Gasteiger partial charge in [0.15, 0.2) is 0 Å². The summed E-state index contributed by atoms with van der Waals surface area (Å²) in [6.07, 6.45) is 1.17. The molecule has 1 radical (unpaired) electrons. The molecule has 0 fully saturated rings. The summed E-state index contributed by atoms with van der Waals surface area (Å²) in [5.74, 6) is 0. The van der Waals surface area contributed by atoms with E-state index in [1.165, 1.54) is 6.16 Å². The molecule has 0 spiro atoms. The van der Waals surface area contributed by atoms with Crippen LogP contribution in [0.2, 0.25) is 0 Å². The zero-order chi connectivity index (χ0) is 5.70. The maximum Gasteiger partial charge on any atom is 0.00505 e. The lowest BCUT2D eigenvalue weighted by Crippen LogP contribution is -2.13. The first kappa shape index (κ1) is 7.48. The molecule has 1 nitrogen and oxygen atoms in total. The van der Waals surface area contributed by atoms with Crippen molar-refractivity contribution in [3.05, 3.63) is 0 Å². The highest BCUT2D eigenvalue weighted by Gasteiger charge is 1.82. The lowest BCUT2D eigenvalue weighted by molar-refractivity contribution is 0.437. The zero-order valence-electron chi connectivity index (χ0n) is 4.77. The van der Waals surface area contributed by atoms with Crippen LogP contribution in [0, 0.1) is 0 Å². The third kappa shape index (κ3) is 6.48. The Morgan fingerprint density at radius 1 is 1.57 bits per heavy atom. The smallest absolute Gasteiger partial charge is 0.00505 e. The molecule has 0 bridgehead atoms. The summed E-state index contributed by atoms with van der Waals surface area (Å²) in [6.45, 7) is 1.14.